The lowest BCUT2D eigenvalue weighted by Crippen LogP contribution is -2.44. The summed E-state index contributed by atoms with van der Waals surface area (Å²) in [6, 6.07) is 2.94. The van der Waals surface area contributed by atoms with Crippen LogP contribution in [0.2, 0.25) is 5.02 Å². The van der Waals surface area contributed by atoms with Crippen LogP contribution in [0, 0.1) is 18.7 Å². The number of amides is 1. The summed E-state index contributed by atoms with van der Waals surface area (Å²) in [6.45, 7) is 4.96. The first-order chi connectivity index (χ1) is 11.2. The van der Waals surface area contributed by atoms with E-state index in [0.717, 1.165) is 0 Å². The molecule has 1 amide bonds. The van der Waals surface area contributed by atoms with Gasteiger partial charge in [0.15, 0.2) is 5.69 Å². The highest BCUT2D eigenvalue weighted by Gasteiger charge is 2.26. The number of benzene rings is 1. The summed E-state index contributed by atoms with van der Waals surface area (Å²) in [7, 11) is 0. The van der Waals surface area contributed by atoms with E-state index in [1.807, 2.05) is 0 Å². The van der Waals surface area contributed by atoms with Crippen LogP contribution in [-0.4, -0.2) is 38.0 Å². The predicted molar refractivity (Wildman–Crippen MR) is 84.8 cm³/mol. The minimum atomic E-state index is -1.13. The smallest absolute Gasteiger partial charge is 0.326 e. The third-order valence-corrected chi connectivity index (χ3v) is 3.77. The van der Waals surface area contributed by atoms with Crippen molar-refractivity contribution in [3.8, 4) is 5.69 Å². The Morgan fingerprint density at radius 1 is 1.38 bits per heavy atom. The fraction of sp³-hybridized carbons (Fsp3) is 0.333. The molecule has 0 radical (unpaired) electrons. The molecule has 0 aliphatic rings. The molecule has 0 aliphatic heterocycles. The Labute approximate surface area is 142 Å². The van der Waals surface area contributed by atoms with Crippen LogP contribution in [-0.2, 0) is 4.79 Å². The largest absolute Gasteiger partial charge is 0.480 e. The van der Waals surface area contributed by atoms with Gasteiger partial charge in [-0.05, 0) is 31.0 Å². The molecular weight excluding hydrogens is 339 g/mol. The fourth-order valence-electron chi connectivity index (χ4n) is 2.12. The number of nitrogens with zero attached hydrogens (tertiary/aromatic N) is 3. The van der Waals surface area contributed by atoms with Crippen LogP contribution in [0.25, 0.3) is 5.69 Å². The SMILES string of the molecule is Cc1c(C(=O)N[C@H](C(=O)O)C(C)C)nnn1-c1ccc(F)c(Cl)c1. The molecule has 7 nitrogen and oxygen atoms in total. The fourth-order valence-corrected chi connectivity index (χ4v) is 2.30. The van der Waals surface area contributed by atoms with E-state index in [1.54, 1.807) is 20.8 Å². The average Bonchev–Trinajstić information content (AvgIpc) is 2.88. The first-order valence-corrected chi connectivity index (χ1v) is 7.51. The standard InChI is InChI=1S/C15H16ClFN4O3/c1-7(2)12(15(23)24)18-14(22)13-8(3)21(20-19-13)9-4-5-11(17)10(16)6-9/h4-7,12H,1-3H3,(H,18,22)(H,23,24)/t12-/m0/s1. The third kappa shape index (κ3) is 3.53. The van der Waals surface area contributed by atoms with Gasteiger partial charge in [0.1, 0.15) is 11.9 Å². The van der Waals surface area contributed by atoms with Gasteiger partial charge in [-0.3, -0.25) is 4.79 Å². The molecular formula is C15H16ClFN4O3. The summed E-state index contributed by atoms with van der Waals surface area (Å²) < 4.78 is 14.6. The van der Waals surface area contributed by atoms with Crippen molar-refractivity contribution in [1.29, 1.82) is 0 Å². The topological polar surface area (TPSA) is 97.1 Å². The second kappa shape index (κ2) is 6.96. The molecule has 2 N–H and O–H groups in total. The summed E-state index contributed by atoms with van der Waals surface area (Å²) in [5.74, 6) is -2.64. The highest BCUT2D eigenvalue weighted by atomic mass is 35.5. The zero-order valence-electron chi connectivity index (χ0n) is 13.2. The van der Waals surface area contributed by atoms with Crippen molar-refractivity contribution in [3.63, 3.8) is 0 Å². The quantitative estimate of drug-likeness (QED) is 0.858. The summed E-state index contributed by atoms with van der Waals surface area (Å²) in [5.41, 5.74) is 0.800. The molecule has 2 aromatic rings. The second-order valence-corrected chi connectivity index (χ2v) is 5.97. The maximum Gasteiger partial charge on any atom is 0.326 e. The number of carboxylic acids is 1. The molecule has 128 valence electrons. The molecule has 9 heteroatoms. The van der Waals surface area contributed by atoms with Crippen LogP contribution in [0.4, 0.5) is 4.39 Å². The molecule has 24 heavy (non-hydrogen) atoms. The summed E-state index contributed by atoms with van der Waals surface area (Å²) in [4.78, 5) is 23.5. The number of carboxylic acid groups (broad SMARTS) is 1. The van der Waals surface area contributed by atoms with Crippen LogP contribution in [0.3, 0.4) is 0 Å². The summed E-state index contributed by atoms with van der Waals surface area (Å²) in [6.07, 6.45) is 0. The van der Waals surface area contributed by atoms with Gasteiger partial charge in [-0.25, -0.2) is 13.9 Å². The van der Waals surface area contributed by atoms with E-state index in [-0.39, 0.29) is 16.6 Å². The van der Waals surface area contributed by atoms with Gasteiger partial charge < -0.3 is 10.4 Å². The lowest BCUT2D eigenvalue weighted by Gasteiger charge is -2.17. The molecule has 1 heterocycles. The lowest BCUT2D eigenvalue weighted by molar-refractivity contribution is -0.140. The Kier molecular flexibility index (Phi) is 5.18. The zero-order valence-corrected chi connectivity index (χ0v) is 14.0. The number of hydrogen-bond acceptors (Lipinski definition) is 4. The molecule has 1 aromatic carbocycles. The van der Waals surface area contributed by atoms with Crippen LogP contribution in [0.1, 0.15) is 30.0 Å². The molecule has 0 unspecified atom stereocenters. The monoisotopic (exact) mass is 354 g/mol. The Balaban J connectivity index is 2.30. The van der Waals surface area contributed by atoms with E-state index >= 15 is 0 Å². The number of halogens is 2. The molecule has 0 fully saturated rings. The maximum atomic E-state index is 13.2. The average molecular weight is 355 g/mol. The van der Waals surface area contributed by atoms with Gasteiger partial charge in [-0.2, -0.15) is 0 Å². The molecule has 0 saturated heterocycles. The Morgan fingerprint density at radius 3 is 2.58 bits per heavy atom. The van der Waals surface area contributed by atoms with Gasteiger partial charge in [0.2, 0.25) is 0 Å². The van der Waals surface area contributed by atoms with Crippen LogP contribution < -0.4 is 5.32 Å². The molecule has 1 atom stereocenters. The summed E-state index contributed by atoms with van der Waals surface area (Å²) in [5, 5.41) is 19.1. The number of aromatic nitrogens is 3. The number of carbonyl (C=O) groups excluding carboxylic acids is 1. The van der Waals surface area contributed by atoms with Gasteiger partial charge in [-0.1, -0.05) is 30.7 Å². The van der Waals surface area contributed by atoms with Crippen molar-refractivity contribution in [2.75, 3.05) is 0 Å². The van der Waals surface area contributed by atoms with Crippen molar-refractivity contribution in [2.45, 2.75) is 26.8 Å². The van der Waals surface area contributed by atoms with E-state index in [4.69, 9.17) is 16.7 Å². The number of carbonyl (C=O) groups is 2. The number of aliphatic carboxylic acids is 1. The van der Waals surface area contributed by atoms with E-state index in [0.29, 0.717) is 11.4 Å². The minimum Gasteiger partial charge on any atom is -0.480 e. The zero-order chi connectivity index (χ0) is 18.0. The molecule has 2 rings (SSSR count). The van der Waals surface area contributed by atoms with Gasteiger partial charge in [0.05, 0.1) is 16.4 Å². The summed E-state index contributed by atoms with van der Waals surface area (Å²) >= 11 is 5.74. The molecule has 0 aliphatic carbocycles. The van der Waals surface area contributed by atoms with Crippen LogP contribution in [0.5, 0.6) is 0 Å². The number of rotatable bonds is 5. The second-order valence-electron chi connectivity index (χ2n) is 5.57. The Hall–Kier alpha value is -2.48. The Morgan fingerprint density at radius 2 is 2.04 bits per heavy atom. The van der Waals surface area contributed by atoms with Crippen LogP contribution >= 0.6 is 11.6 Å². The first kappa shape index (κ1) is 17.9. The normalized spacial score (nSPS) is 12.2. The van der Waals surface area contributed by atoms with Crippen molar-refractivity contribution >= 4 is 23.5 Å². The van der Waals surface area contributed by atoms with Gasteiger partial charge in [0, 0.05) is 0 Å². The van der Waals surface area contributed by atoms with Crippen molar-refractivity contribution < 1.29 is 19.1 Å². The minimum absolute atomic E-state index is 0.0117. The van der Waals surface area contributed by atoms with Crippen molar-refractivity contribution in [3.05, 3.63) is 40.4 Å². The van der Waals surface area contributed by atoms with E-state index in [2.05, 4.69) is 15.6 Å². The highest BCUT2D eigenvalue weighted by Crippen LogP contribution is 2.20. The molecule has 1 aromatic heterocycles. The third-order valence-electron chi connectivity index (χ3n) is 3.48. The Bertz CT molecular complexity index is 791. The van der Waals surface area contributed by atoms with E-state index in [1.165, 1.54) is 22.9 Å². The van der Waals surface area contributed by atoms with Gasteiger partial charge >= 0.3 is 5.97 Å². The van der Waals surface area contributed by atoms with E-state index in [9.17, 15) is 14.0 Å². The van der Waals surface area contributed by atoms with Crippen molar-refractivity contribution in [1.82, 2.24) is 20.3 Å². The first-order valence-electron chi connectivity index (χ1n) is 7.13. The van der Waals surface area contributed by atoms with Gasteiger partial charge in [0.25, 0.3) is 5.91 Å². The lowest BCUT2D eigenvalue weighted by atomic mass is 10.0. The number of hydrogen-bond donors (Lipinski definition) is 2. The van der Waals surface area contributed by atoms with Gasteiger partial charge in [-0.15, -0.1) is 5.10 Å². The maximum absolute atomic E-state index is 13.2. The van der Waals surface area contributed by atoms with E-state index < -0.39 is 23.7 Å². The van der Waals surface area contributed by atoms with Crippen molar-refractivity contribution in [2.24, 2.45) is 5.92 Å². The highest BCUT2D eigenvalue weighted by molar-refractivity contribution is 6.30. The number of nitrogens with one attached hydrogen (secondary N) is 1. The predicted octanol–water partition coefficient (Wildman–Crippen LogP) is 2.21. The molecule has 0 spiro atoms. The van der Waals surface area contributed by atoms with Crippen LogP contribution in [0.15, 0.2) is 18.2 Å². The molecule has 0 saturated carbocycles. The molecule has 0 bridgehead atoms.